The van der Waals surface area contributed by atoms with Crippen LogP contribution < -0.4 is 10.6 Å². The Balaban J connectivity index is 2.13. The van der Waals surface area contributed by atoms with Gasteiger partial charge in [-0.2, -0.15) is 4.31 Å². The van der Waals surface area contributed by atoms with Gasteiger partial charge < -0.3 is 20.1 Å². The van der Waals surface area contributed by atoms with E-state index in [2.05, 4.69) is 10.6 Å². The molecule has 0 radical (unpaired) electrons. The molecule has 10 heteroatoms. The first-order chi connectivity index (χ1) is 12.4. The Morgan fingerprint density at radius 1 is 1.31 bits per heavy atom. The molecule has 1 aliphatic rings. The third-order valence-electron chi connectivity index (χ3n) is 4.00. The fraction of sp³-hybridized carbons (Fsp3) is 0.500. The summed E-state index contributed by atoms with van der Waals surface area (Å²) in [4.78, 5) is 24.5. The Hall–Kier alpha value is -2.01. The monoisotopic (exact) mass is 385 g/mol. The molecule has 2 amide bonds. The number of carbonyl (C=O) groups is 2. The van der Waals surface area contributed by atoms with Gasteiger partial charge in [0.05, 0.1) is 17.9 Å². The van der Waals surface area contributed by atoms with Crippen LogP contribution in [0.25, 0.3) is 0 Å². The number of benzene rings is 1. The van der Waals surface area contributed by atoms with E-state index in [1.165, 1.54) is 26.4 Å². The van der Waals surface area contributed by atoms with Crippen LogP contribution in [0.2, 0.25) is 0 Å². The minimum absolute atomic E-state index is 0.0824. The molecule has 1 aromatic rings. The van der Waals surface area contributed by atoms with Gasteiger partial charge in [-0.25, -0.2) is 8.42 Å². The number of rotatable bonds is 8. The number of hydrogen-bond acceptors (Lipinski definition) is 6. The summed E-state index contributed by atoms with van der Waals surface area (Å²) in [6, 6.07) is 6.72. The van der Waals surface area contributed by atoms with Crippen molar-refractivity contribution in [3.63, 3.8) is 0 Å². The molecule has 26 heavy (non-hydrogen) atoms. The lowest BCUT2D eigenvalue weighted by atomic mass is 10.1. The second-order valence-electron chi connectivity index (χ2n) is 5.64. The first kappa shape index (κ1) is 20.3. The number of ether oxygens (including phenoxy) is 2. The number of piperazine rings is 1. The van der Waals surface area contributed by atoms with Gasteiger partial charge in [-0.3, -0.25) is 9.59 Å². The fourth-order valence-electron chi connectivity index (χ4n) is 2.61. The number of nitrogens with one attached hydrogen (secondary N) is 2. The Morgan fingerprint density at radius 3 is 2.58 bits per heavy atom. The summed E-state index contributed by atoms with van der Waals surface area (Å²) < 4.78 is 36.7. The maximum Gasteiger partial charge on any atom is 0.243 e. The molecule has 0 aromatic heterocycles. The van der Waals surface area contributed by atoms with E-state index in [0.29, 0.717) is 0 Å². The maximum atomic E-state index is 12.9. The molecule has 1 atom stereocenters. The van der Waals surface area contributed by atoms with Gasteiger partial charge in [-0.05, 0) is 12.1 Å². The number of nitrogens with zero attached hydrogens (tertiary/aromatic N) is 1. The van der Waals surface area contributed by atoms with Gasteiger partial charge >= 0.3 is 0 Å². The standard InChI is InChI=1S/C16H23N3O6S/c1-24-15(25-2)11-18-14(20)10-13-16(21)17-8-9-19(13)26(22,23)12-6-4-3-5-7-12/h3-7,13,15H,8-11H2,1-2H3,(H,17,21)(H,18,20)/t13-/m1/s1. The van der Waals surface area contributed by atoms with Crippen molar-refractivity contribution in [1.82, 2.24) is 14.9 Å². The lowest BCUT2D eigenvalue weighted by Gasteiger charge is -2.33. The van der Waals surface area contributed by atoms with Gasteiger partial charge in [0.2, 0.25) is 21.8 Å². The van der Waals surface area contributed by atoms with Crippen molar-refractivity contribution in [2.75, 3.05) is 33.9 Å². The lowest BCUT2D eigenvalue weighted by Crippen LogP contribution is -2.58. The average Bonchev–Trinajstić information content (AvgIpc) is 2.65. The molecule has 144 valence electrons. The summed E-state index contributed by atoms with van der Waals surface area (Å²) in [5.74, 6) is -0.972. The van der Waals surface area contributed by atoms with Crippen molar-refractivity contribution in [2.45, 2.75) is 23.6 Å². The van der Waals surface area contributed by atoms with E-state index >= 15 is 0 Å². The summed E-state index contributed by atoms with van der Waals surface area (Å²) in [6.45, 7) is 0.379. The normalized spacial score (nSPS) is 18.6. The van der Waals surface area contributed by atoms with Gasteiger partial charge in [0.1, 0.15) is 6.04 Å². The Bertz CT molecular complexity index is 721. The molecule has 1 aliphatic heterocycles. The van der Waals surface area contributed by atoms with Crippen molar-refractivity contribution in [1.29, 1.82) is 0 Å². The molecule has 0 bridgehead atoms. The molecule has 2 rings (SSSR count). The summed E-state index contributed by atoms with van der Waals surface area (Å²) in [6.07, 6.45) is -0.916. The zero-order valence-corrected chi connectivity index (χ0v) is 15.5. The minimum atomic E-state index is -3.89. The van der Waals surface area contributed by atoms with Gasteiger partial charge in [0.15, 0.2) is 6.29 Å². The molecule has 2 N–H and O–H groups in total. The van der Waals surface area contributed by atoms with Crippen LogP contribution in [0.4, 0.5) is 0 Å². The van der Waals surface area contributed by atoms with Crippen LogP contribution in [0, 0.1) is 0 Å². The highest BCUT2D eigenvalue weighted by Gasteiger charge is 2.39. The first-order valence-electron chi connectivity index (χ1n) is 8.07. The van der Waals surface area contributed by atoms with Crippen molar-refractivity contribution in [2.24, 2.45) is 0 Å². The average molecular weight is 385 g/mol. The molecule has 1 heterocycles. The summed E-state index contributed by atoms with van der Waals surface area (Å²) in [5, 5.41) is 5.18. The zero-order chi connectivity index (χ0) is 19.2. The molecule has 1 aromatic carbocycles. The van der Waals surface area contributed by atoms with Crippen LogP contribution in [0.3, 0.4) is 0 Å². The molecule has 0 aliphatic carbocycles. The summed E-state index contributed by atoms with van der Waals surface area (Å²) in [5.41, 5.74) is 0. The smallest absolute Gasteiger partial charge is 0.243 e. The van der Waals surface area contributed by atoms with Crippen LogP contribution in [-0.4, -0.2) is 70.7 Å². The van der Waals surface area contributed by atoms with Crippen LogP contribution >= 0.6 is 0 Å². The van der Waals surface area contributed by atoms with Crippen LogP contribution in [0.1, 0.15) is 6.42 Å². The number of carbonyl (C=O) groups excluding carboxylic acids is 2. The van der Waals surface area contributed by atoms with Gasteiger partial charge in [0, 0.05) is 27.3 Å². The molecule has 0 spiro atoms. The second kappa shape index (κ2) is 9.08. The Labute approximate surface area is 152 Å². The topological polar surface area (TPSA) is 114 Å². The van der Waals surface area contributed by atoms with E-state index < -0.39 is 34.2 Å². The number of hydrogen-bond donors (Lipinski definition) is 2. The number of sulfonamides is 1. The van der Waals surface area contributed by atoms with Crippen LogP contribution in [-0.2, 0) is 29.1 Å². The third kappa shape index (κ3) is 4.79. The van der Waals surface area contributed by atoms with Gasteiger partial charge in [-0.1, -0.05) is 18.2 Å². The van der Waals surface area contributed by atoms with Crippen molar-refractivity contribution in [3.8, 4) is 0 Å². The summed E-state index contributed by atoms with van der Waals surface area (Å²) >= 11 is 0. The SMILES string of the molecule is COC(CNC(=O)C[C@@H]1C(=O)NCCN1S(=O)(=O)c1ccccc1)OC. The van der Waals surface area contributed by atoms with Gasteiger partial charge in [-0.15, -0.1) is 0 Å². The fourth-order valence-corrected chi connectivity index (χ4v) is 4.22. The molecule has 9 nitrogen and oxygen atoms in total. The zero-order valence-electron chi connectivity index (χ0n) is 14.7. The predicted octanol–water partition coefficient (Wildman–Crippen LogP) is -0.699. The van der Waals surface area contributed by atoms with Crippen LogP contribution in [0.15, 0.2) is 35.2 Å². The number of amides is 2. The van der Waals surface area contributed by atoms with Crippen molar-refractivity contribution < 1.29 is 27.5 Å². The largest absolute Gasteiger partial charge is 0.354 e. The predicted molar refractivity (Wildman–Crippen MR) is 92.6 cm³/mol. The first-order valence-corrected chi connectivity index (χ1v) is 9.51. The highest BCUT2D eigenvalue weighted by atomic mass is 32.2. The quantitative estimate of drug-likeness (QED) is 0.572. The Morgan fingerprint density at radius 2 is 1.96 bits per heavy atom. The molecule has 1 fully saturated rings. The molecular weight excluding hydrogens is 362 g/mol. The highest BCUT2D eigenvalue weighted by Crippen LogP contribution is 2.21. The lowest BCUT2D eigenvalue weighted by molar-refractivity contribution is -0.133. The van der Waals surface area contributed by atoms with E-state index in [0.717, 1.165) is 4.31 Å². The minimum Gasteiger partial charge on any atom is -0.354 e. The maximum absolute atomic E-state index is 12.9. The van der Waals surface area contributed by atoms with Gasteiger partial charge in [0.25, 0.3) is 0 Å². The summed E-state index contributed by atoms with van der Waals surface area (Å²) in [7, 11) is -1.02. The molecule has 0 saturated carbocycles. The third-order valence-corrected chi connectivity index (χ3v) is 5.92. The Kier molecular flexibility index (Phi) is 7.09. The van der Waals surface area contributed by atoms with E-state index in [1.807, 2.05) is 0 Å². The van der Waals surface area contributed by atoms with Crippen molar-refractivity contribution >= 4 is 21.8 Å². The van der Waals surface area contributed by atoms with E-state index in [-0.39, 0.29) is 31.0 Å². The molecular formula is C16H23N3O6S. The van der Waals surface area contributed by atoms with Crippen LogP contribution in [0.5, 0.6) is 0 Å². The highest BCUT2D eigenvalue weighted by molar-refractivity contribution is 7.89. The van der Waals surface area contributed by atoms with E-state index in [4.69, 9.17) is 9.47 Å². The van der Waals surface area contributed by atoms with E-state index in [9.17, 15) is 18.0 Å². The van der Waals surface area contributed by atoms with E-state index in [1.54, 1.807) is 18.2 Å². The molecule has 1 saturated heterocycles. The van der Waals surface area contributed by atoms with Crippen molar-refractivity contribution in [3.05, 3.63) is 30.3 Å². The molecule has 0 unspecified atom stereocenters. The number of methoxy groups -OCH3 is 2. The second-order valence-corrected chi connectivity index (χ2v) is 7.54.